The third kappa shape index (κ3) is 6.19. The van der Waals surface area contributed by atoms with Crippen LogP contribution in [-0.4, -0.2) is 53.4 Å². The van der Waals surface area contributed by atoms with Crippen LogP contribution in [0.15, 0.2) is 59.5 Å². The zero-order valence-corrected chi connectivity index (χ0v) is 17.9. The number of benzene rings is 2. The average Bonchev–Trinajstić information content (AvgIpc) is 3.04. The van der Waals surface area contributed by atoms with Crippen LogP contribution in [0.1, 0.15) is 17.5 Å². The molecule has 8 heteroatoms. The summed E-state index contributed by atoms with van der Waals surface area (Å²) in [5.41, 5.74) is 1.74. The van der Waals surface area contributed by atoms with Crippen molar-refractivity contribution in [1.82, 2.24) is 10.2 Å². The van der Waals surface area contributed by atoms with Gasteiger partial charge in [0.15, 0.2) is 0 Å². The second-order valence-corrected chi connectivity index (χ2v) is 7.99. The zero-order chi connectivity index (χ0) is 22.2. The number of thioether (sulfide) groups is 1. The van der Waals surface area contributed by atoms with E-state index in [-0.39, 0.29) is 25.5 Å². The molecule has 2 aromatic rings. The molecule has 2 aromatic carbocycles. The van der Waals surface area contributed by atoms with Gasteiger partial charge in [0.25, 0.3) is 11.1 Å². The number of methoxy groups -OCH3 is 1. The standard InChI is InChI=1S/C23H24N2O5S/c1-30-19-9-5-8-17(13-19)14-20-22(28)25(23(29)31-20)11-10-21(27)24-18(15-26)12-16-6-3-2-4-7-16/h2-9,13-14,18,26H,10-12,15H2,1H3,(H,24,27)/b20-14-/t18-/m0/s1. The first-order valence-electron chi connectivity index (χ1n) is 9.83. The number of aliphatic hydroxyl groups excluding tert-OH is 1. The molecule has 0 radical (unpaired) electrons. The molecule has 2 N–H and O–H groups in total. The molecular weight excluding hydrogens is 416 g/mol. The highest BCUT2D eigenvalue weighted by atomic mass is 32.2. The van der Waals surface area contributed by atoms with Crippen LogP contribution >= 0.6 is 11.8 Å². The fraction of sp³-hybridized carbons (Fsp3) is 0.261. The van der Waals surface area contributed by atoms with Gasteiger partial charge in [0.05, 0.1) is 24.7 Å². The van der Waals surface area contributed by atoms with E-state index in [0.717, 1.165) is 27.8 Å². The fourth-order valence-electron chi connectivity index (χ4n) is 3.15. The monoisotopic (exact) mass is 440 g/mol. The topological polar surface area (TPSA) is 95.9 Å². The molecular formula is C23H24N2O5S. The largest absolute Gasteiger partial charge is 0.497 e. The predicted molar refractivity (Wildman–Crippen MR) is 119 cm³/mol. The Hall–Kier alpha value is -3.10. The lowest BCUT2D eigenvalue weighted by atomic mass is 10.1. The van der Waals surface area contributed by atoms with Gasteiger partial charge in [0.2, 0.25) is 5.91 Å². The Kier molecular flexibility index (Phi) is 7.86. The molecule has 162 valence electrons. The molecule has 3 amide bonds. The minimum absolute atomic E-state index is 0.0184. The summed E-state index contributed by atoms with van der Waals surface area (Å²) in [6.45, 7) is -0.221. The smallest absolute Gasteiger partial charge is 0.293 e. The van der Waals surface area contributed by atoms with E-state index in [1.807, 2.05) is 36.4 Å². The molecule has 0 aliphatic carbocycles. The molecule has 1 aliphatic rings. The van der Waals surface area contributed by atoms with Gasteiger partial charge in [-0.25, -0.2) is 0 Å². The van der Waals surface area contributed by atoms with Gasteiger partial charge in [-0.3, -0.25) is 19.3 Å². The normalized spacial score (nSPS) is 15.9. The summed E-state index contributed by atoms with van der Waals surface area (Å²) in [6, 6.07) is 16.3. The van der Waals surface area contributed by atoms with Crippen LogP contribution in [0.25, 0.3) is 6.08 Å². The lowest BCUT2D eigenvalue weighted by molar-refractivity contribution is -0.124. The molecule has 1 fully saturated rings. The van der Waals surface area contributed by atoms with Crippen molar-refractivity contribution in [2.75, 3.05) is 20.3 Å². The Labute approximate surface area is 185 Å². The number of ether oxygens (including phenoxy) is 1. The lowest BCUT2D eigenvalue weighted by Gasteiger charge is -2.18. The molecule has 0 unspecified atom stereocenters. The lowest BCUT2D eigenvalue weighted by Crippen LogP contribution is -2.41. The van der Waals surface area contributed by atoms with Crippen molar-refractivity contribution in [3.05, 3.63) is 70.6 Å². The van der Waals surface area contributed by atoms with Crippen molar-refractivity contribution in [1.29, 1.82) is 0 Å². The van der Waals surface area contributed by atoms with Crippen LogP contribution in [0.3, 0.4) is 0 Å². The van der Waals surface area contributed by atoms with Gasteiger partial charge >= 0.3 is 0 Å². The molecule has 0 saturated carbocycles. The number of rotatable bonds is 9. The molecule has 1 atom stereocenters. The number of nitrogens with zero attached hydrogens (tertiary/aromatic N) is 1. The van der Waals surface area contributed by atoms with Crippen molar-refractivity contribution in [3.8, 4) is 5.75 Å². The van der Waals surface area contributed by atoms with Crippen LogP contribution in [0.5, 0.6) is 5.75 Å². The van der Waals surface area contributed by atoms with Crippen LogP contribution in [0.2, 0.25) is 0 Å². The number of aliphatic hydroxyl groups is 1. The van der Waals surface area contributed by atoms with Crippen LogP contribution in [0.4, 0.5) is 4.79 Å². The summed E-state index contributed by atoms with van der Waals surface area (Å²) in [5.74, 6) is -0.0991. The van der Waals surface area contributed by atoms with Gasteiger partial charge in [0.1, 0.15) is 5.75 Å². The van der Waals surface area contributed by atoms with Crippen molar-refractivity contribution in [2.45, 2.75) is 18.9 Å². The van der Waals surface area contributed by atoms with Gasteiger partial charge in [-0.2, -0.15) is 0 Å². The maximum atomic E-state index is 12.6. The summed E-state index contributed by atoms with van der Waals surface area (Å²) in [5, 5.41) is 11.9. The molecule has 3 rings (SSSR count). The van der Waals surface area contributed by atoms with E-state index in [4.69, 9.17) is 4.74 Å². The van der Waals surface area contributed by atoms with E-state index in [1.54, 1.807) is 31.4 Å². The molecule has 1 aliphatic heterocycles. The van der Waals surface area contributed by atoms with Gasteiger partial charge in [-0.1, -0.05) is 42.5 Å². The van der Waals surface area contributed by atoms with E-state index in [1.165, 1.54) is 0 Å². The molecule has 0 aromatic heterocycles. The van der Waals surface area contributed by atoms with Crippen molar-refractivity contribution in [2.24, 2.45) is 0 Å². The highest BCUT2D eigenvalue weighted by Gasteiger charge is 2.35. The van der Waals surface area contributed by atoms with E-state index in [0.29, 0.717) is 17.1 Å². The summed E-state index contributed by atoms with van der Waals surface area (Å²) in [7, 11) is 1.55. The van der Waals surface area contributed by atoms with Gasteiger partial charge in [0, 0.05) is 13.0 Å². The van der Waals surface area contributed by atoms with Gasteiger partial charge in [-0.05, 0) is 47.5 Å². The summed E-state index contributed by atoms with van der Waals surface area (Å²) in [4.78, 5) is 38.6. The number of hydrogen-bond acceptors (Lipinski definition) is 6. The Morgan fingerprint density at radius 3 is 2.68 bits per heavy atom. The second-order valence-electron chi connectivity index (χ2n) is 7.00. The van der Waals surface area contributed by atoms with E-state index >= 15 is 0 Å². The molecule has 7 nitrogen and oxygen atoms in total. The van der Waals surface area contributed by atoms with E-state index < -0.39 is 17.2 Å². The molecule has 0 spiro atoms. The van der Waals surface area contributed by atoms with Crippen LogP contribution < -0.4 is 10.1 Å². The maximum Gasteiger partial charge on any atom is 0.293 e. The maximum absolute atomic E-state index is 12.6. The first-order chi connectivity index (χ1) is 15.0. The number of carbonyl (C=O) groups is 3. The third-order valence-corrected chi connectivity index (χ3v) is 5.65. The second kappa shape index (κ2) is 10.8. The first kappa shape index (κ1) is 22.6. The van der Waals surface area contributed by atoms with Crippen molar-refractivity contribution < 1.29 is 24.2 Å². The Morgan fingerprint density at radius 1 is 1.19 bits per heavy atom. The van der Waals surface area contributed by atoms with Crippen molar-refractivity contribution in [3.63, 3.8) is 0 Å². The quantitative estimate of drug-likeness (QED) is 0.582. The molecule has 1 saturated heterocycles. The summed E-state index contributed by atoms with van der Waals surface area (Å²) >= 11 is 0.848. The minimum Gasteiger partial charge on any atom is -0.497 e. The number of imide groups is 1. The Morgan fingerprint density at radius 2 is 1.97 bits per heavy atom. The summed E-state index contributed by atoms with van der Waals surface area (Å²) in [6.07, 6.45) is 2.10. The molecule has 0 bridgehead atoms. The first-order valence-corrected chi connectivity index (χ1v) is 10.7. The zero-order valence-electron chi connectivity index (χ0n) is 17.1. The van der Waals surface area contributed by atoms with Gasteiger partial charge in [-0.15, -0.1) is 0 Å². The minimum atomic E-state index is -0.433. The SMILES string of the molecule is COc1cccc(/C=C2\SC(=O)N(CCC(=O)N[C@H](CO)Cc3ccccc3)C2=O)c1. The van der Waals surface area contributed by atoms with E-state index in [9.17, 15) is 19.5 Å². The fourth-order valence-corrected chi connectivity index (χ4v) is 4.01. The number of hydrogen-bond donors (Lipinski definition) is 2. The summed E-state index contributed by atoms with van der Waals surface area (Å²) < 4.78 is 5.17. The number of carbonyl (C=O) groups excluding carboxylic acids is 3. The molecule has 1 heterocycles. The number of amides is 3. The predicted octanol–water partition coefficient (Wildman–Crippen LogP) is 2.84. The highest BCUT2D eigenvalue weighted by Crippen LogP contribution is 2.32. The molecule has 31 heavy (non-hydrogen) atoms. The van der Waals surface area contributed by atoms with E-state index in [2.05, 4.69) is 5.32 Å². The highest BCUT2D eigenvalue weighted by molar-refractivity contribution is 8.18. The van der Waals surface area contributed by atoms with Gasteiger partial charge < -0.3 is 15.2 Å². The Balaban J connectivity index is 1.55. The Bertz CT molecular complexity index is 977. The number of nitrogens with one attached hydrogen (secondary N) is 1. The van der Waals surface area contributed by atoms with Crippen molar-refractivity contribution >= 4 is 34.9 Å². The van der Waals surface area contributed by atoms with Crippen LogP contribution in [0, 0.1) is 0 Å². The average molecular weight is 441 g/mol. The van der Waals surface area contributed by atoms with Crippen LogP contribution in [-0.2, 0) is 16.0 Å². The third-order valence-electron chi connectivity index (χ3n) is 4.74.